The fourth-order valence-electron chi connectivity index (χ4n) is 4.01. The van der Waals surface area contributed by atoms with Crippen LogP contribution in [-0.2, 0) is 6.42 Å². The summed E-state index contributed by atoms with van der Waals surface area (Å²) in [5.74, 6) is 0.105. The molecular formula is C25H25N3O. The Hall–Kier alpha value is -3.40. The Morgan fingerprint density at radius 2 is 1.76 bits per heavy atom. The lowest BCUT2D eigenvalue weighted by Crippen LogP contribution is -2.12. The summed E-state index contributed by atoms with van der Waals surface area (Å²) < 4.78 is 0. The summed E-state index contributed by atoms with van der Waals surface area (Å²) in [5.41, 5.74) is 7.88. The molecule has 0 amide bonds. The monoisotopic (exact) mass is 383 g/mol. The minimum absolute atomic E-state index is 0.105. The molecule has 0 spiro atoms. The van der Waals surface area contributed by atoms with E-state index < -0.39 is 0 Å². The standard InChI is InChI=1S/C25H25N3O/c1-28(2)21-10-7-19(8-11-21)24(17-25(27-29)20-13-15-26-16-14-20)23-12-9-18-5-3-4-6-22(18)23/h3-8,10-16,24,29H,9,17H2,1-2H3/b27-25+. The molecule has 1 N–H and O–H groups in total. The molecule has 1 aromatic heterocycles. The highest BCUT2D eigenvalue weighted by Gasteiger charge is 2.25. The summed E-state index contributed by atoms with van der Waals surface area (Å²) in [6, 6.07) is 21.0. The Balaban J connectivity index is 1.74. The molecule has 1 heterocycles. The normalized spacial score (nSPS) is 14.3. The van der Waals surface area contributed by atoms with E-state index in [1.54, 1.807) is 12.4 Å². The van der Waals surface area contributed by atoms with Gasteiger partial charge >= 0.3 is 0 Å². The van der Waals surface area contributed by atoms with E-state index in [-0.39, 0.29) is 5.92 Å². The van der Waals surface area contributed by atoms with Crippen LogP contribution in [0.15, 0.2) is 84.3 Å². The second-order valence-electron chi connectivity index (χ2n) is 7.55. The van der Waals surface area contributed by atoms with Crippen molar-refractivity contribution in [2.75, 3.05) is 19.0 Å². The van der Waals surface area contributed by atoms with Crippen LogP contribution in [0, 0.1) is 0 Å². The van der Waals surface area contributed by atoms with Crippen molar-refractivity contribution in [1.29, 1.82) is 0 Å². The molecular weight excluding hydrogens is 358 g/mol. The lowest BCUT2D eigenvalue weighted by Gasteiger charge is -2.22. The van der Waals surface area contributed by atoms with Crippen molar-refractivity contribution in [3.8, 4) is 0 Å². The van der Waals surface area contributed by atoms with Crippen LogP contribution in [0.3, 0.4) is 0 Å². The maximum atomic E-state index is 9.77. The van der Waals surface area contributed by atoms with Gasteiger partial charge in [0.15, 0.2) is 0 Å². The molecule has 4 nitrogen and oxygen atoms in total. The molecule has 29 heavy (non-hydrogen) atoms. The van der Waals surface area contributed by atoms with E-state index in [4.69, 9.17) is 0 Å². The first-order valence-corrected chi connectivity index (χ1v) is 9.84. The van der Waals surface area contributed by atoms with Gasteiger partial charge in [-0.1, -0.05) is 47.6 Å². The quantitative estimate of drug-likeness (QED) is 0.364. The zero-order valence-electron chi connectivity index (χ0n) is 16.8. The van der Waals surface area contributed by atoms with Crippen LogP contribution in [0.2, 0.25) is 0 Å². The van der Waals surface area contributed by atoms with Crippen LogP contribution in [0.4, 0.5) is 5.69 Å². The van der Waals surface area contributed by atoms with Gasteiger partial charge in [-0.3, -0.25) is 4.98 Å². The lowest BCUT2D eigenvalue weighted by atomic mass is 9.83. The molecule has 1 atom stereocenters. The maximum absolute atomic E-state index is 9.77. The van der Waals surface area contributed by atoms with Gasteiger partial charge in [-0.25, -0.2) is 0 Å². The Labute approximate surface area is 171 Å². The van der Waals surface area contributed by atoms with Gasteiger partial charge in [-0.2, -0.15) is 0 Å². The van der Waals surface area contributed by atoms with Crippen molar-refractivity contribution in [3.05, 3.63) is 101 Å². The van der Waals surface area contributed by atoms with Crippen molar-refractivity contribution < 1.29 is 5.21 Å². The molecule has 1 unspecified atom stereocenters. The first-order valence-electron chi connectivity index (χ1n) is 9.84. The van der Waals surface area contributed by atoms with Crippen molar-refractivity contribution in [3.63, 3.8) is 0 Å². The van der Waals surface area contributed by atoms with Gasteiger partial charge in [0.25, 0.3) is 0 Å². The number of fused-ring (bicyclic) bond motifs is 1. The molecule has 0 saturated heterocycles. The number of allylic oxidation sites excluding steroid dienone is 2. The molecule has 0 bridgehead atoms. The smallest absolute Gasteiger partial charge is 0.0878 e. The zero-order valence-corrected chi connectivity index (χ0v) is 16.8. The molecule has 1 aliphatic rings. The van der Waals surface area contributed by atoms with Gasteiger partial charge < -0.3 is 10.1 Å². The minimum Gasteiger partial charge on any atom is -0.411 e. The van der Waals surface area contributed by atoms with E-state index in [1.807, 2.05) is 26.2 Å². The van der Waals surface area contributed by atoms with E-state index in [1.165, 1.54) is 28.0 Å². The lowest BCUT2D eigenvalue weighted by molar-refractivity contribution is 0.318. The van der Waals surface area contributed by atoms with Gasteiger partial charge in [0.2, 0.25) is 0 Å². The maximum Gasteiger partial charge on any atom is 0.0878 e. The van der Waals surface area contributed by atoms with Gasteiger partial charge in [0.1, 0.15) is 0 Å². The Morgan fingerprint density at radius 1 is 1.03 bits per heavy atom. The van der Waals surface area contributed by atoms with Gasteiger partial charge in [0, 0.05) is 50.1 Å². The van der Waals surface area contributed by atoms with Gasteiger partial charge in [-0.05, 0) is 52.9 Å². The summed E-state index contributed by atoms with van der Waals surface area (Å²) in [4.78, 5) is 6.18. The average Bonchev–Trinajstić information content (AvgIpc) is 3.19. The molecule has 0 radical (unpaired) electrons. The highest BCUT2D eigenvalue weighted by molar-refractivity contribution is 6.02. The van der Waals surface area contributed by atoms with Crippen LogP contribution in [0.25, 0.3) is 5.57 Å². The predicted octanol–water partition coefficient (Wildman–Crippen LogP) is 5.14. The topological polar surface area (TPSA) is 48.7 Å². The van der Waals surface area contributed by atoms with Crippen molar-refractivity contribution >= 4 is 17.0 Å². The van der Waals surface area contributed by atoms with Crippen molar-refractivity contribution in [1.82, 2.24) is 4.98 Å². The van der Waals surface area contributed by atoms with Crippen molar-refractivity contribution in [2.45, 2.75) is 18.8 Å². The molecule has 4 rings (SSSR count). The highest BCUT2D eigenvalue weighted by atomic mass is 16.4. The summed E-state index contributed by atoms with van der Waals surface area (Å²) in [5, 5.41) is 13.4. The number of oxime groups is 1. The number of rotatable bonds is 6. The summed E-state index contributed by atoms with van der Waals surface area (Å²) in [6.07, 6.45) is 7.33. The van der Waals surface area contributed by atoms with E-state index in [0.29, 0.717) is 12.1 Å². The van der Waals surface area contributed by atoms with Crippen LogP contribution in [0.1, 0.15) is 34.6 Å². The third kappa shape index (κ3) is 3.92. The molecule has 1 aliphatic carbocycles. The fourth-order valence-corrected chi connectivity index (χ4v) is 4.01. The first kappa shape index (κ1) is 18.9. The molecule has 0 fully saturated rings. The Morgan fingerprint density at radius 3 is 2.45 bits per heavy atom. The molecule has 4 heteroatoms. The van der Waals surface area contributed by atoms with E-state index >= 15 is 0 Å². The van der Waals surface area contributed by atoms with Crippen LogP contribution in [0.5, 0.6) is 0 Å². The molecule has 0 saturated carbocycles. The molecule has 0 aliphatic heterocycles. The number of benzene rings is 2. The largest absolute Gasteiger partial charge is 0.411 e. The molecule has 146 valence electrons. The number of hydrogen-bond acceptors (Lipinski definition) is 4. The van der Waals surface area contributed by atoms with E-state index in [0.717, 1.165) is 12.0 Å². The van der Waals surface area contributed by atoms with Gasteiger partial charge in [0.05, 0.1) is 5.71 Å². The summed E-state index contributed by atoms with van der Waals surface area (Å²) >= 11 is 0. The minimum atomic E-state index is 0.105. The van der Waals surface area contributed by atoms with E-state index in [2.05, 4.69) is 69.6 Å². The highest BCUT2D eigenvalue weighted by Crippen LogP contribution is 2.41. The van der Waals surface area contributed by atoms with Crippen LogP contribution >= 0.6 is 0 Å². The Bertz CT molecular complexity index is 1040. The number of pyridine rings is 1. The summed E-state index contributed by atoms with van der Waals surface area (Å²) in [6.45, 7) is 0. The third-order valence-electron chi connectivity index (χ3n) is 5.59. The number of anilines is 1. The third-order valence-corrected chi connectivity index (χ3v) is 5.59. The average molecular weight is 383 g/mol. The zero-order chi connectivity index (χ0) is 20.2. The second kappa shape index (κ2) is 8.31. The number of nitrogens with zero attached hydrogens (tertiary/aromatic N) is 3. The SMILES string of the molecule is CN(C)c1ccc(C(C/C(=N\O)c2ccncc2)C2=CCc3ccccc32)cc1. The predicted molar refractivity (Wildman–Crippen MR) is 119 cm³/mol. The van der Waals surface area contributed by atoms with Crippen LogP contribution < -0.4 is 4.90 Å². The summed E-state index contributed by atoms with van der Waals surface area (Å²) in [7, 11) is 4.09. The van der Waals surface area contributed by atoms with Crippen molar-refractivity contribution in [2.24, 2.45) is 5.16 Å². The molecule has 3 aromatic rings. The fraction of sp³-hybridized carbons (Fsp3) is 0.200. The van der Waals surface area contributed by atoms with Crippen LogP contribution in [-0.4, -0.2) is 30.0 Å². The number of aromatic nitrogens is 1. The molecule has 2 aromatic carbocycles. The van der Waals surface area contributed by atoms with Gasteiger partial charge in [-0.15, -0.1) is 0 Å². The Kier molecular flexibility index (Phi) is 5.43. The van der Waals surface area contributed by atoms with E-state index in [9.17, 15) is 5.21 Å². The first-order chi connectivity index (χ1) is 14.2. The second-order valence-corrected chi connectivity index (χ2v) is 7.55. The number of hydrogen-bond donors (Lipinski definition) is 1.